The summed E-state index contributed by atoms with van der Waals surface area (Å²) < 4.78 is 0. The molecule has 1 fully saturated rings. The van der Waals surface area contributed by atoms with E-state index in [0.717, 1.165) is 19.3 Å². The van der Waals surface area contributed by atoms with E-state index in [4.69, 9.17) is 10.8 Å². The molecular weight excluding hydrogens is 168 g/mol. The molecule has 0 unspecified atom stereocenters. The van der Waals surface area contributed by atoms with Crippen LogP contribution in [0.3, 0.4) is 0 Å². The van der Waals surface area contributed by atoms with Gasteiger partial charge in [-0.2, -0.15) is 0 Å². The Morgan fingerprint density at radius 2 is 2.23 bits per heavy atom. The third-order valence-corrected chi connectivity index (χ3v) is 2.71. The minimum Gasteiger partial charge on any atom is -0.395 e. The van der Waals surface area contributed by atoms with Crippen molar-refractivity contribution in [2.75, 3.05) is 19.7 Å². The first-order chi connectivity index (χ1) is 6.14. The normalized spacial score (nSPS) is 19.3. The highest BCUT2D eigenvalue weighted by atomic mass is 16.3. The SMILES string of the molecule is CCN(CCO)C(=O)C1(N)CCC1. The van der Waals surface area contributed by atoms with Crippen LogP contribution in [-0.2, 0) is 4.79 Å². The highest BCUT2D eigenvalue weighted by Crippen LogP contribution is 2.30. The molecule has 0 bridgehead atoms. The number of carbonyl (C=O) groups excluding carboxylic acids is 1. The topological polar surface area (TPSA) is 66.6 Å². The van der Waals surface area contributed by atoms with Crippen LogP contribution in [0.15, 0.2) is 0 Å². The molecular formula is C9H18N2O2. The zero-order valence-corrected chi connectivity index (χ0v) is 8.12. The predicted octanol–water partition coefficient (Wildman–Crippen LogP) is -0.291. The standard InChI is InChI=1S/C9H18N2O2/c1-2-11(6-7-12)8(13)9(10)4-3-5-9/h12H,2-7,10H2,1H3. The molecule has 0 saturated heterocycles. The summed E-state index contributed by atoms with van der Waals surface area (Å²) >= 11 is 0. The van der Waals surface area contributed by atoms with Gasteiger partial charge >= 0.3 is 0 Å². The molecule has 1 aliphatic rings. The van der Waals surface area contributed by atoms with E-state index < -0.39 is 5.54 Å². The number of hydrogen-bond donors (Lipinski definition) is 2. The van der Waals surface area contributed by atoms with Gasteiger partial charge in [-0.05, 0) is 26.2 Å². The van der Waals surface area contributed by atoms with Gasteiger partial charge in [0.15, 0.2) is 0 Å². The molecule has 1 aliphatic carbocycles. The van der Waals surface area contributed by atoms with E-state index in [1.54, 1.807) is 4.90 Å². The molecule has 1 saturated carbocycles. The number of aliphatic hydroxyl groups is 1. The van der Waals surface area contributed by atoms with Gasteiger partial charge in [-0.3, -0.25) is 4.79 Å². The maximum absolute atomic E-state index is 11.8. The Balaban J connectivity index is 2.52. The molecule has 76 valence electrons. The van der Waals surface area contributed by atoms with Gasteiger partial charge in [0.05, 0.1) is 12.1 Å². The van der Waals surface area contributed by atoms with Gasteiger partial charge in [0.25, 0.3) is 0 Å². The van der Waals surface area contributed by atoms with Gasteiger partial charge in [-0.25, -0.2) is 0 Å². The van der Waals surface area contributed by atoms with E-state index in [0.29, 0.717) is 13.1 Å². The monoisotopic (exact) mass is 186 g/mol. The van der Waals surface area contributed by atoms with E-state index in [1.165, 1.54) is 0 Å². The third kappa shape index (κ3) is 2.00. The van der Waals surface area contributed by atoms with Crippen molar-refractivity contribution in [3.8, 4) is 0 Å². The Hall–Kier alpha value is -0.610. The van der Waals surface area contributed by atoms with Crippen LogP contribution in [0, 0.1) is 0 Å². The maximum Gasteiger partial charge on any atom is 0.242 e. The van der Waals surface area contributed by atoms with Crippen LogP contribution in [0.4, 0.5) is 0 Å². The summed E-state index contributed by atoms with van der Waals surface area (Å²) in [5.74, 6) is -0.00435. The molecule has 0 spiro atoms. The number of nitrogens with zero attached hydrogens (tertiary/aromatic N) is 1. The minimum absolute atomic E-state index is 0.00435. The average molecular weight is 186 g/mol. The van der Waals surface area contributed by atoms with Crippen molar-refractivity contribution >= 4 is 5.91 Å². The molecule has 0 aromatic heterocycles. The Morgan fingerprint density at radius 1 is 1.62 bits per heavy atom. The molecule has 1 amide bonds. The Kier molecular flexibility index (Phi) is 3.27. The first-order valence-corrected chi connectivity index (χ1v) is 4.83. The predicted molar refractivity (Wildman–Crippen MR) is 50.1 cm³/mol. The summed E-state index contributed by atoms with van der Waals surface area (Å²) in [5.41, 5.74) is 5.26. The van der Waals surface area contributed by atoms with Crippen LogP contribution in [0.2, 0.25) is 0 Å². The number of carbonyl (C=O) groups is 1. The molecule has 0 aromatic carbocycles. The van der Waals surface area contributed by atoms with Crippen molar-refractivity contribution in [3.05, 3.63) is 0 Å². The molecule has 1 rings (SSSR count). The van der Waals surface area contributed by atoms with Gasteiger partial charge in [0, 0.05) is 13.1 Å². The zero-order valence-electron chi connectivity index (χ0n) is 8.12. The van der Waals surface area contributed by atoms with Crippen molar-refractivity contribution in [2.24, 2.45) is 5.73 Å². The minimum atomic E-state index is -0.620. The van der Waals surface area contributed by atoms with Crippen molar-refractivity contribution in [2.45, 2.75) is 31.7 Å². The smallest absolute Gasteiger partial charge is 0.242 e. The Morgan fingerprint density at radius 3 is 2.54 bits per heavy atom. The number of likely N-dealkylation sites (N-methyl/N-ethyl adjacent to an activating group) is 1. The average Bonchev–Trinajstić information content (AvgIpc) is 2.09. The molecule has 0 aliphatic heterocycles. The van der Waals surface area contributed by atoms with Gasteiger partial charge in [-0.15, -0.1) is 0 Å². The summed E-state index contributed by atoms with van der Waals surface area (Å²) in [6, 6.07) is 0. The summed E-state index contributed by atoms with van der Waals surface area (Å²) in [6.07, 6.45) is 2.61. The van der Waals surface area contributed by atoms with E-state index in [1.807, 2.05) is 6.92 Å². The fourth-order valence-electron chi connectivity index (χ4n) is 1.61. The third-order valence-electron chi connectivity index (χ3n) is 2.71. The highest BCUT2D eigenvalue weighted by Gasteiger charge is 2.42. The second-order valence-electron chi connectivity index (χ2n) is 3.62. The van der Waals surface area contributed by atoms with Crippen molar-refractivity contribution in [1.82, 2.24) is 4.90 Å². The summed E-state index contributed by atoms with van der Waals surface area (Å²) in [5, 5.41) is 8.74. The Bertz CT molecular complexity index is 190. The summed E-state index contributed by atoms with van der Waals surface area (Å²) in [7, 11) is 0. The molecule has 13 heavy (non-hydrogen) atoms. The number of hydrogen-bond acceptors (Lipinski definition) is 3. The lowest BCUT2D eigenvalue weighted by atomic mass is 9.76. The van der Waals surface area contributed by atoms with Gasteiger partial charge in [0.1, 0.15) is 0 Å². The fourth-order valence-corrected chi connectivity index (χ4v) is 1.61. The number of aliphatic hydroxyl groups excluding tert-OH is 1. The van der Waals surface area contributed by atoms with Crippen LogP contribution >= 0.6 is 0 Å². The fraction of sp³-hybridized carbons (Fsp3) is 0.889. The van der Waals surface area contributed by atoms with E-state index in [2.05, 4.69) is 0 Å². The first kappa shape index (κ1) is 10.5. The van der Waals surface area contributed by atoms with E-state index in [-0.39, 0.29) is 12.5 Å². The van der Waals surface area contributed by atoms with Gasteiger partial charge in [-0.1, -0.05) is 0 Å². The van der Waals surface area contributed by atoms with Crippen LogP contribution in [0.1, 0.15) is 26.2 Å². The lowest BCUT2D eigenvalue weighted by Gasteiger charge is -2.40. The van der Waals surface area contributed by atoms with Crippen LogP contribution in [-0.4, -0.2) is 41.1 Å². The van der Waals surface area contributed by atoms with E-state index >= 15 is 0 Å². The molecule has 0 heterocycles. The number of rotatable bonds is 4. The number of nitrogens with two attached hydrogens (primary N) is 1. The highest BCUT2D eigenvalue weighted by molar-refractivity contribution is 5.87. The lowest BCUT2D eigenvalue weighted by Crippen LogP contribution is -2.59. The van der Waals surface area contributed by atoms with Crippen molar-refractivity contribution in [3.63, 3.8) is 0 Å². The number of amides is 1. The van der Waals surface area contributed by atoms with Crippen LogP contribution in [0.25, 0.3) is 0 Å². The van der Waals surface area contributed by atoms with Crippen LogP contribution in [0.5, 0.6) is 0 Å². The summed E-state index contributed by atoms with van der Waals surface area (Å²) in [6.45, 7) is 2.93. The summed E-state index contributed by atoms with van der Waals surface area (Å²) in [4.78, 5) is 13.4. The zero-order chi connectivity index (χ0) is 9.90. The Labute approximate surface area is 78.7 Å². The molecule has 0 atom stereocenters. The maximum atomic E-state index is 11.8. The molecule has 0 radical (unpaired) electrons. The second-order valence-corrected chi connectivity index (χ2v) is 3.62. The van der Waals surface area contributed by atoms with Crippen molar-refractivity contribution in [1.29, 1.82) is 0 Å². The molecule has 4 heteroatoms. The second kappa shape index (κ2) is 4.07. The van der Waals surface area contributed by atoms with Gasteiger partial charge < -0.3 is 15.7 Å². The molecule has 0 aromatic rings. The quantitative estimate of drug-likeness (QED) is 0.634. The first-order valence-electron chi connectivity index (χ1n) is 4.83. The lowest BCUT2D eigenvalue weighted by molar-refractivity contribution is -0.140. The largest absolute Gasteiger partial charge is 0.395 e. The molecule has 3 N–H and O–H groups in total. The van der Waals surface area contributed by atoms with Crippen molar-refractivity contribution < 1.29 is 9.90 Å². The van der Waals surface area contributed by atoms with Crippen LogP contribution < -0.4 is 5.73 Å². The molecule has 4 nitrogen and oxygen atoms in total. The van der Waals surface area contributed by atoms with E-state index in [9.17, 15) is 4.79 Å². The van der Waals surface area contributed by atoms with Gasteiger partial charge in [0.2, 0.25) is 5.91 Å².